The maximum absolute atomic E-state index is 9.71. The van der Waals surface area contributed by atoms with Crippen LogP contribution in [0.1, 0.15) is 18.4 Å². The summed E-state index contributed by atoms with van der Waals surface area (Å²) in [4.78, 5) is 14.6. The summed E-state index contributed by atoms with van der Waals surface area (Å²) in [5.41, 5.74) is 9.77. The molecule has 178 valence electrons. The lowest BCUT2D eigenvalue weighted by Crippen LogP contribution is -2.30. The molecule has 0 saturated carbocycles. The van der Waals surface area contributed by atoms with Crippen molar-refractivity contribution < 1.29 is 9.47 Å². The highest BCUT2D eigenvalue weighted by Gasteiger charge is 2.21. The van der Waals surface area contributed by atoms with Gasteiger partial charge in [-0.3, -0.25) is 0 Å². The first-order valence-electron chi connectivity index (χ1n) is 11.5. The fraction of sp³-hybridized carbons (Fsp3) is 0.269. The molecule has 2 aromatic carbocycles. The number of aromatic amines is 1. The van der Waals surface area contributed by atoms with Gasteiger partial charge in [0.1, 0.15) is 24.2 Å². The Morgan fingerprint density at radius 2 is 2.17 bits per heavy atom. The van der Waals surface area contributed by atoms with E-state index >= 15 is 0 Å². The van der Waals surface area contributed by atoms with Gasteiger partial charge in [-0.25, -0.2) is 9.97 Å². The average molecular weight is 470 g/mol. The number of methoxy groups -OCH3 is 1. The van der Waals surface area contributed by atoms with E-state index in [1.807, 2.05) is 24.4 Å². The Morgan fingerprint density at radius 3 is 2.94 bits per heavy atom. The van der Waals surface area contributed by atoms with Crippen LogP contribution in [0.3, 0.4) is 0 Å². The van der Waals surface area contributed by atoms with Crippen molar-refractivity contribution in [3.63, 3.8) is 0 Å². The molecule has 1 aliphatic heterocycles. The van der Waals surface area contributed by atoms with E-state index < -0.39 is 0 Å². The number of nitriles is 1. The van der Waals surface area contributed by atoms with Crippen LogP contribution in [0.25, 0.3) is 22.2 Å². The normalized spacial score (nSPS) is 15.7. The molecule has 3 heterocycles. The summed E-state index contributed by atoms with van der Waals surface area (Å²) < 4.78 is 11.5. The highest BCUT2D eigenvalue weighted by atomic mass is 16.5. The number of anilines is 3. The number of hydrogen-bond acceptors (Lipinski definition) is 8. The zero-order valence-corrected chi connectivity index (χ0v) is 19.7. The van der Waals surface area contributed by atoms with Crippen molar-refractivity contribution in [2.24, 2.45) is 0 Å². The number of nitrogens with two attached hydrogens (primary N) is 1. The summed E-state index contributed by atoms with van der Waals surface area (Å²) in [6.07, 6.45) is 5.74. The lowest BCUT2D eigenvalue weighted by atomic mass is 10.1. The van der Waals surface area contributed by atoms with E-state index in [1.54, 1.807) is 25.3 Å². The number of benzene rings is 2. The number of likely N-dealkylation sites (tertiary alicyclic amines) is 1. The van der Waals surface area contributed by atoms with Gasteiger partial charge in [0.05, 0.1) is 30.3 Å². The van der Waals surface area contributed by atoms with Gasteiger partial charge in [0.15, 0.2) is 0 Å². The SMILES string of the molecule is COc1ccc(N)cc1Nc1ncc(C#N)c(-c2c[nH]c3cc(OCC4CCCN4C)ccc23)n1. The fourth-order valence-corrected chi connectivity index (χ4v) is 4.45. The van der Waals surface area contributed by atoms with E-state index in [1.165, 1.54) is 12.6 Å². The number of ether oxygens (including phenoxy) is 2. The second-order valence-corrected chi connectivity index (χ2v) is 8.65. The molecule has 0 amide bonds. The van der Waals surface area contributed by atoms with Crippen LogP contribution in [-0.4, -0.2) is 53.2 Å². The van der Waals surface area contributed by atoms with Crippen molar-refractivity contribution in [2.75, 3.05) is 38.4 Å². The van der Waals surface area contributed by atoms with Gasteiger partial charge in [0, 0.05) is 40.5 Å². The molecule has 4 N–H and O–H groups in total. The Hall–Kier alpha value is -4.29. The third-order valence-electron chi connectivity index (χ3n) is 6.40. The number of nitrogens with one attached hydrogen (secondary N) is 2. The number of hydrogen-bond donors (Lipinski definition) is 3. The van der Waals surface area contributed by atoms with Crippen LogP contribution in [0.2, 0.25) is 0 Å². The van der Waals surface area contributed by atoms with Crippen molar-refractivity contribution in [1.29, 1.82) is 5.26 Å². The first-order valence-corrected chi connectivity index (χ1v) is 11.5. The zero-order chi connectivity index (χ0) is 24.4. The van der Waals surface area contributed by atoms with Gasteiger partial charge in [-0.2, -0.15) is 5.26 Å². The Morgan fingerprint density at radius 1 is 1.29 bits per heavy atom. The standard InChI is InChI=1S/C26H27N7O2/c1-33-9-3-4-18(33)15-35-19-6-7-20-21(14-29-22(20)11-19)25-16(12-27)13-30-26(32-25)31-23-10-17(28)5-8-24(23)34-2/h5-8,10-11,13-14,18,29H,3-4,9,15,28H2,1-2H3,(H,30,31,32). The first kappa shape index (κ1) is 22.5. The molecule has 0 radical (unpaired) electrons. The number of aromatic nitrogens is 3. The van der Waals surface area contributed by atoms with Gasteiger partial charge in [-0.15, -0.1) is 0 Å². The predicted octanol–water partition coefficient (Wildman–Crippen LogP) is 4.30. The second kappa shape index (κ2) is 9.52. The van der Waals surface area contributed by atoms with Crippen LogP contribution in [0, 0.1) is 11.3 Å². The summed E-state index contributed by atoms with van der Waals surface area (Å²) in [6.45, 7) is 1.79. The van der Waals surface area contributed by atoms with Gasteiger partial charge < -0.3 is 30.4 Å². The van der Waals surface area contributed by atoms with Crippen LogP contribution >= 0.6 is 0 Å². The van der Waals surface area contributed by atoms with Crippen LogP contribution in [0.4, 0.5) is 17.3 Å². The predicted molar refractivity (Wildman–Crippen MR) is 136 cm³/mol. The van der Waals surface area contributed by atoms with Gasteiger partial charge in [-0.1, -0.05) is 0 Å². The Labute approximate surface area is 203 Å². The Balaban J connectivity index is 1.44. The summed E-state index contributed by atoms with van der Waals surface area (Å²) in [7, 11) is 3.72. The quantitative estimate of drug-likeness (QED) is 0.342. The molecule has 1 atom stereocenters. The maximum atomic E-state index is 9.71. The minimum Gasteiger partial charge on any atom is -0.495 e. The van der Waals surface area contributed by atoms with Gasteiger partial charge in [0.2, 0.25) is 5.95 Å². The second-order valence-electron chi connectivity index (χ2n) is 8.65. The third-order valence-corrected chi connectivity index (χ3v) is 6.40. The highest BCUT2D eigenvalue weighted by molar-refractivity contribution is 5.96. The van der Waals surface area contributed by atoms with E-state index in [9.17, 15) is 5.26 Å². The molecule has 9 nitrogen and oxygen atoms in total. The molecule has 1 saturated heterocycles. The smallest absolute Gasteiger partial charge is 0.227 e. The minimum atomic E-state index is 0.331. The molecule has 1 unspecified atom stereocenters. The summed E-state index contributed by atoms with van der Waals surface area (Å²) in [5, 5.41) is 13.8. The molecule has 2 aromatic heterocycles. The van der Waals surface area contributed by atoms with Crippen LogP contribution in [-0.2, 0) is 0 Å². The largest absolute Gasteiger partial charge is 0.495 e. The fourth-order valence-electron chi connectivity index (χ4n) is 4.45. The highest BCUT2D eigenvalue weighted by Crippen LogP contribution is 2.34. The molecular formula is C26H27N7O2. The lowest BCUT2D eigenvalue weighted by Gasteiger charge is -2.19. The number of likely N-dealkylation sites (N-methyl/N-ethyl adjacent to an activating group) is 1. The molecular weight excluding hydrogens is 442 g/mol. The maximum Gasteiger partial charge on any atom is 0.227 e. The number of rotatable bonds is 7. The zero-order valence-electron chi connectivity index (χ0n) is 19.7. The van der Waals surface area contributed by atoms with Gasteiger partial charge in [0.25, 0.3) is 0 Å². The molecule has 1 fully saturated rings. The van der Waals surface area contributed by atoms with Gasteiger partial charge >= 0.3 is 0 Å². The topological polar surface area (TPSA) is 125 Å². The Bertz CT molecular complexity index is 1410. The van der Waals surface area contributed by atoms with Crippen molar-refractivity contribution in [1.82, 2.24) is 19.9 Å². The number of nitrogens with zero attached hydrogens (tertiary/aromatic N) is 4. The Kier molecular flexibility index (Phi) is 6.12. The number of H-pyrrole nitrogens is 1. The lowest BCUT2D eigenvalue weighted by molar-refractivity contribution is 0.198. The summed E-state index contributed by atoms with van der Waals surface area (Å²) >= 11 is 0. The van der Waals surface area contributed by atoms with E-state index in [2.05, 4.69) is 38.3 Å². The molecule has 0 bridgehead atoms. The minimum absolute atomic E-state index is 0.331. The molecule has 35 heavy (non-hydrogen) atoms. The molecule has 0 spiro atoms. The molecule has 0 aliphatic carbocycles. The molecule has 1 aliphatic rings. The molecule has 4 aromatic rings. The van der Waals surface area contributed by atoms with Crippen LogP contribution in [0.15, 0.2) is 48.8 Å². The van der Waals surface area contributed by atoms with E-state index in [4.69, 9.17) is 15.2 Å². The molecule has 9 heteroatoms. The van der Waals surface area contributed by atoms with Crippen LogP contribution in [0.5, 0.6) is 11.5 Å². The van der Waals surface area contributed by atoms with Crippen LogP contribution < -0.4 is 20.5 Å². The van der Waals surface area contributed by atoms with Crippen molar-refractivity contribution in [3.8, 4) is 28.8 Å². The third kappa shape index (κ3) is 4.56. The van der Waals surface area contributed by atoms with Crippen molar-refractivity contribution in [2.45, 2.75) is 18.9 Å². The average Bonchev–Trinajstić information content (AvgIpc) is 3.48. The number of fused-ring (bicyclic) bond motifs is 1. The first-order chi connectivity index (χ1) is 17.1. The van der Waals surface area contributed by atoms with E-state index in [0.717, 1.165) is 35.2 Å². The summed E-state index contributed by atoms with van der Waals surface area (Å²) in [6, 6.07) is 13.9. The van der Waals surface area contributed by atoms with Gasteiger partial charge in [-0.05, 0) is 56.8 Å². The van der Waals surface area contributed by atoms with Crippen molar-refractivity contribution in [3.05, 3.63) is 54.4 Å². The number of nitrogen functional groups attached to an aromatic ring is 1. The monoisotopic (exact) mass is 469 g/mol. The van der Waals surface area contributed by atoms with Crippen molar-refractivity contribution >= 4 is 28.2 Å². The van der Waals surface area contributed by atoms with E-state index in [0.29, 0.717) is 47.0 Å². The molecule has 5 rings (SSSR count). The van der Waals surface area contributed by atoms with E-state index in [-0.39, 0.29) is 0 Å². The summed E-state index contributed by atoms with van der Waals surface area (Å²) in [5.74, 6) is 1.75.